The number of hydrogen-bond donors (Lipinski definition) is 2. The number of benzene rings is 2. The smallest absolute Gasteiger partial charge is 0.320 e. The fourth-order valence-corrected chi connectivity index (χ4v) is 3.47. The Balaban J connectivity index is 1.38. The maximum Gasteiger partial charge on any atom is 0.320 e. The van der Waals surface area contributed by atoms with Gasteiger partial charge in [0.25, 0.3) is 5.89 Å². The van der Waals surface area contributed by atoms with Crippen LogP contribution in [-0.4, -0.2) is 42.5 Å². The number of pyridine rings is 1. The lowest BCUT2D eigenvalue weighted by Gasteiger charge is -2.18. The zero-order valence-electron chi connectivity index (χ0n) is 18.4. The van der Waals surface area contributed by atoms with Gasteiger partial charge in [0.15, 0.2) is 11.5 Å². The highest BCUT2D eigenvalue weighted by molar-refractivity contribution is 5.77. The van der Waals surface area contributed by atoms with Crippen LogP contribution in [0.25, 0.3) is 11.5 Å². The molecule has 0 radical (unpaired) electrons. The van der Waals surface area contributed by atoms with Gasteiger partial charge in [-0.15, -0.1) is 5.10 Å². The molecule has 0 atom stereocenters. The lowest BCUT2D eigenvalue weighted by molar-refractivity contribution is 0.171. The first-order valence-electron chi connectivity index (χ1n) is 10.6. The van der Waals surface area contributed by atoms with Gasteiger partial charge in [0, 0.05) is 56.2 Å². The highest BCUT2D eigenvalue weighted by Gasteiger charge is 2.16. The van der Waals surface area contributed by atoms with Gasteiger partial charge in [0.2, 0.25) is 0 Å². The van der Waals surface area contributed by atoms with E-state index in [0.29, 0.717) is 37.4 Å². The number of rotatable bonds is 7. The van der Waals surface area contributed by atoms with Gasteiger partial charge >= 0.3 is 6.01 Å². The van der Waals surface area contributed by atoms with Crippen molar-refractivity contribution in [2.75, 3.05) is 42.8 Å². The van der Waals surface area contributed by atoms with Gasteiger partial charge in [-0.05, 0) is 48.0 Å². The topological polar surface area (TPSA) is 97.6 Å². The molecule has 0 unspecified atom stereocenters. The minimum absolute atomic E-state index is 0.290. The van der Waals surface area contributed by atoms with Crippen molar-refractivity contribution in [1.82, 2.24) is 15.2 Å². The highest BCUT2D eigenvalue weighted by atomic mass is 16.6. The molecule has 0 fully saturated rings. The summed E-state index contributed by atoms with van der Waals surface area (Å²) in [4.78, 5) is 6.12. The zero-order valence-corrected chi connectivity index (χ0v) is 18.4. The number of aromatic nitrogens is 3. The monoisotopic (exact) mass is 444 g/mol. The molecule has 1 aliphatic rings. The van der Waals surface area contributed by atoms with Gasteiger partial charge in [-0.1, -0.05) is 5.10 Å². The summed E-state index contributed by atoms with van der Waals surface area (Å²) >= 11 is 0. The SMILES string of the molecule is CN(C)c1ccc(-c2nnc(Nc3ccc4c(c3)OCCO4)o2)c(NCc2ccncc2)c1. The van der Waals surface area contributed by atoms with E-state index in [2.05, 4.69) is 31.9 Å². The first-order valence-corrected chi connectivity index (χ1v) is 10.6. The average molecular weight is 444 g/mol. The standard InChI is InChI=1S/C24H24N6O3/c1-30(2)18-4-5-19(20(14-18)26-15-16-7-9-25-10-8-16)23-28-29-24(33-23)27-17-3-6-21-22(13-17)32-12-11-31-21/h3-10,13-14,26H,11-12,15H2,1-2H3,(H,27,29). The van der Waals surface area contributed by atoms with E-state index < -0.39 is 0 Å². The van der Waals surface area contributed by atoms with Crippen molar-refractivity contribution in [2.45, 2.75) is 6.54 Å². The molecule has 9 heteroatoms. The largest absolute Gasteiger partial charge is 0.486 e. The van der Waals surface area contributed by atoms with E-state index in [1.54, 1.807) is 12.4 Å². The third-order valence-electron chi connectivity index (χ3n) is 5.20. The third kappa shape index (κ3) is 4.67. The molecule has 5 rings (SSSR count). The summed E-state index contributed by atoms with van der Waals surface area (Å²) in [5.41, 5.74) is 4.67. The number of nitrogens with zero attached hydrogens (tertiary/aromatic N) is 4. The summed E-state index contributed by atoms with van der Waals surface area (Å²) in [5, 5.41) is 15.1. The number of anilines is 4. The van der Waals surface area contributed by atoms with Crippen LogP contribution in [0.5, 0.6) is 11.5 Å². The molecule has 33 heavy (non-hydrogen) atoms. The summed E-state index contributed by atoms with van der Waals surface area (Å²) in [6.07, 6.45) is 3.56. The molecule has 1 aliphatic heterocycles. The van der Waals surface area contributed by atoms with Crippen molar-refractivity contribution in [3.63, 3.8) is 0 Å². The van der Waals surface area contributed by atoms with Crippen LogP contribution >= 0.6 is 0 Å². The molecular formula is C24H24N6O3. The quantitative estimate of drug-likeness (QED) is 0.432. The van der Waals surface area contributed by atoms with E-state index in [1.807, 2.05) is 61.5 Å². The first-order chi connectivity index (χ1) is 16.2. The van der Waals surface area contributed by atoms with Gasteiger partial charge in [-0.3, -0.25) is 4.98 Å². The van der Waals surface area contributed by atoms with Gasteiger partial charge < -0.3 is 29.4 Å². The zero-order chi connectivity index (χ0) is 22.6. The summed E-state index contributed by atoms with van der Waals surface area (Å²) in [6, 6.07) is 15.9. The maximum atomic E-state index is 5.94. The molecule has 0 saturated heterocycles. The Morgan fingerprint density at radius 2 is 1.73 bits per heavy atom. The van der Waals surface area contributed by atoms with E-state index >= 15 is 0 Å². The van der Waals surface area contributed by atoms with E-state index in [-0.39, 0.29) is 0 Å². The van der Waals surface area contributed by atoms with Gasteiger partial charge in [-0.25, -0.2) is 0 Å². The third-order valence-corrected chi connectivity index (χ3v) is 5.20. The number of ether oxygens (including phenoxy) is 2. The Bertz CT molecular complexity index is 1240. The molecule has 2 N–H and O–H groups in total. The lowest BCUT2D eigenvalue weighted by atomic mass is 10.1. The Labute approximate surface area is 191 Å². The Morgan fingerprint density at radius 1 is 0.909 bits per heavy atom. The van der Waals surface area contributed by atoms with Crippen LogP contribution in [0.1, 0.15) is 5.56 Å². The fraction of sp³-hybridized carbons (Fsp3) is 0.208. The van der Waals surface area contributed by atoms with Crippen molar-refractivity contribution in [3.8, 4) is 23.0 Å². The summed E-state index contributed by atoms with van der Waals surface area (Å²) in [5.74, 6) is 1.83. The van der Waals surface area contributed by atoms with Crippen molar-refractivity contribution < 1.29 is 13.9 Å². The highest BCUT2D eigenvalue weighted by Crippen LogP contribution is 2.35. The molecule has 9 nitrogen and oxygen atoms in total. The molecule has 0 saturated carbocycles. The van der Waals surface area contributed by atoms with Crippen LogP contribution in [0.2, 0.25) is 0 Å². The van der Waals surface area contributed by atoms with Crippen LogP contribution in [0.15, 0.2) is 65.3 Å². The minimum atomic E-state index is 0.290. The first kappa shape index (κ1) is 20.6. The molecule has 4 aromatic rings. The molecule has 2 aromatic carbocycles. The van der Waals surface area contributed by atoms with Crippen molar-refractivity contribution >= 4 is 23.1 Å². The molecular weight excluding hydrogens is 420 g/mol. The molecule has 0 bridgehead atoms. The van der Waals surface area contributed by atoms with Crippen molar-refractivity contribution in [1.29, 1.82) is 0 Å². The Kier molecular flexibility index (Phi) is 5.67. The molecule has 0 aliphatic carbocycles. The van der Waals surface area contributed by atoms with E-state index in [9.17, 15) is 0 Å². The average Bonchev–Trinajstić information content (AvgIpc) is 3.31. The molecule has 0 amide bonds. The number of hydrogen-bond acceptors (Lipinski definition) is 9. The van der Waals surface area contributed by atoms with Crippen LogP contribution in [0.3, 0.4) is 0 Å². The number of nitrogens with one attached hydrogen (secondary N) is 2. The van der Waals surface area contributed by atoms with Gasteiger partial charge in [-0.2, -0.15) is 0 Å². The summed E-state index contributed by atoms with van der Waals surface area (Å²) in [7, 11) is 4.01. The van der Waals surface area contributed by atoms with Crippen LogP contribution in [-0.2, 0) is 6.54 Å². The van der Waals surface area contributed by atoms with Gasteiger partial charge in [0.1, 0.15) is 13.2 Å². The van der Waals surface area contributed by atoms with E-state index in [4.69, 9.17) is 13.9 Å². The van der Waals surface area contributed by atoms with Crippen LogP contribution in [0.4, 0.5) is 23.1 Å². The Hall–Kier alpha value is -4.27. The molecule has 168 valence electrons. The summed E-state index contributed by atoms with van der Waals surface area (Å²) < 4.78 is 17.1. The second-order valence-electron chi connectivity index (χ2n) is 7.73. The maximum absolute atomic E-state index is 5.94. The van der Waals surface area contributed by atoms with Crippen molar-refractivity contribution in [2.24, 2.45) is 0 Å². The molecule has 0 spiro atoms. The lowest BCUT2D eigenvalue weighted by Crippen LogP contribution is -2.15. The normalized spacial score (nSPS) is 12.3. The predicted octanol–water partition coefficient (Wildman–Crippen LogP) is 4.32. The predicted molar refractivity (Wildman–Crippen MR) is 126 cm³/mol. The van der Waals surface area contributed by atoms with E-state index in [1.165, 1.54) is 0 Å². The minimum Gasteiger partial charge on any atom is -0.486 e. The Morgan fingerprint density at radius 3 is 2.55 bits per heavy atom. The van der Waals surface area contributed by atoms with Crippen LogP contribution < -0.4 is 25.0 Å². The van der Waals surface area contributed by atoms with Gasteiger partial charge in [0.05, 0.1) is 5.56 Å². The van der Waals surface area contributed by atoms with Crippen LogP contribution in [0, 0.1) is 0 Å². The fourth-order valence-electron chi connectivity index (χ4n) is 3.47. The van der Waals surface area contributed by atoms with Crippen molar-refractivity contribution in [3.05, 3.63) is 66.5 Å². The second-order valence-corrected chi connectivity index (χ2v) is 7.73. The second kappa shape index (κ2) is 9.07. The molecule has 3 heterocycles. The summed E-state index contributed by atoms with van der Waals surface area (Å²) in [6.45, 7) is 1.72. The molecule has 2 aromatic heterocycles. The number of fused-ring (bicyclic) bond motifs is 1. The van der Waals surface area contributed by atoms with E-state index in [0.717, 1.165) is 33.9 Å².